The Bertz CT molecular complexity index is 743. The van der Waals surface area contributed by atoms with E-state index in [-0.39, 0.29) is 5.91 Å². The molecule has 5 heteroatoms. The zero-order valence-electron chi connectivity index (χ0n) is 14.7. The van der Waals surface area contributed by atoms with Gasteiger partial charge in [0, 0.05) is 23.3 Å². The van der Waals surface area contributed by atoms with Crippen molar-refractivity contribution in [2.24, 2.45) is 5.73 Å². The standard InChI is InChI=1S/C19H26N4O/c1-13-8-10-14(11-9-13)23-16-7-5-4-6-15(16)17(22-23)18(24)21-19(2,3)12-20/h8-11H,4-7,12,20H2,1-3H3,(H,21,24). The van der Waals surface area contributed by atoms with E-state index in [2.05, 4.69) is 41.6 Å². The molecule has 0 saturated heterocycles. The van der Waals surface area contributed by atoms with Crippen molar-refractivity contribution in [2.45, 2.75) is 52.0 Å². The van der Waals surface area contributed by atoms with E-state index in [0.717, 1.165) is 36.9 Å². The monoisotopic (exact) mass is 326 g/mol. The maximum Gasteiger partial charge on any atom is 0.272 e. The number of hydrogen-bond donors (Lipinski definition) is 2. The van der Waals surface area contributed by atoms with Gasteiger partial charge in [-0.15, -0.1) is 0 Å². The van der Waals surface area contributed by atoms with Crippen molar-refractivity contribution in [3.05, 3.63) is 46.8 Å². The van der Waals surface area contributed by atoms with Crippen molar-refractivity contribution in [1.29, 1.82) is 0 Å². The smallest absolute Gasteiger partial charge is 0.272 e. The maximum absolute atomic E-state index is 12.7. The molecule has 24 heavy (non-hydrogen) atoms. The second-order valence-electron chi connectivity index (χ2n) is 7.27. The van der Waals surface area contributed by atoms with Gasteiger partial charge in [0.1, 0.15) is 0 Å². The van der Waals surface area contributed by atoms with Crippen LogP contribution in [0, 0.1) is 6.92 Å². The number of hydrogen-bond acceptors (Lipinski definition) is 3. The van der Waals surface area contributed by atoms with Crippen molar-refractivity contribution < 1.29 is 4.79 Å². The molecule has 2 aromatic rings. The molecule has 0 radical (unpaired) electrons. The number of nitrogens with one attached hydrogen (secondary N) is 1. The van der Waals surface area contributed by atoms with E-state index in [1.807, 2.05) is 18.5 Å². The zero-order valence-corrected chi connectivity index (χ0v) is 14.7. The average molecular weight is 326 g/mol. The summed E-state index contributed by atoms with van der Waals surface area (Å²) in [6.45, 7) is 6.30. The van der Waals surface area contributed by atoms with E-state index in [0.29, 0.717) is 12.2 Å². The predicted octanol–water partition coefficient (Wildman–Crippen LogP) is 2.53. The SMILES string of the molecule is Cc1ccc(-n2nc(C(=O)NC(C)(C)CN)c3c2CCCC3)cc1. The number of carbonyl (C=O) groups excluding carboxylic acids is 1. The number of nitrogens with zero attached hydrogens (tertiary/aromatic N) is 2. The summed E-state index contributed by atoms with van der Waals surface area (Å²) >= 11 is 0. The summed E-state index contributed by atoms with van der Waals surface area (Å²) in [4.78, 5) is 12.7. The van der Waals surface area contributed by atoms with Gasteiger partial charge in [-0.2, -0.15) is 5.10 Å². The summed E-state index contributed by atoms with van der Waals surface area (Å²) in [6, 6.07) is 8.26. The van der Waals surface area contributed by atoms with Gasteiger partial charge in [0.25, 0.3) is 5.91 Å². The van der Waals surface area contributed by atoms with Gasteiger partial charge in [-0.05, 0) is 58.6 Å². The second kappa shape index (κ2) is 6.40. The van der Waals surface area contributed by atoms with Crippen molar-refractivity contribution in [2.75, 3.05) is 6.54 Å². The van der Waals surface area contributed by atoms with Gasteiger partial charge < -0.3 is 11.1 Å². The van der Waals surface area contributed by atoms with E-state index in [1.165, 1.54) is 11.3 Å². The highest BCUT2D eigenvalue weighted by molar-refractivity contribution is 5.94. The number of aromatic nitrogens is 2. The first kappa shape index (κ1) is 16.7. The summed E-state index contributed by atoms with van der Waals surface area (Å²) < 4.78 is 1.94. The summed E-state index contributed by atoms with van der Waals surface area (Å²) in [5.41, 5.74) is 10.3. The van der Waals surface area contributed by atoms with Crippen LogP contribution in [0.15, 0.2) is 24.3 Å². The summed E-state index contributed by atoms with van der Waals surface area (Å²) in [6.07, 6.45) is 4.11. The largest absolute Gasteiger partial charge is 0.344 e. The van der Waals surface area contributed by atoms with Crippen LogP contribution in [0.3, 0.4) is 0 Å². The highest BCUT2D eigenvalue weighted by atomic mass is 16.2. The van der Waals surface area contributed by atoms with Gasteiger partial charge in [0.2, 0.25) is 0 Å². The molecule has 0 spiro atoms. The molecule has 1 amide bonds. The lowest BCUT2D eigenvalue weighted by molar-refractivity contribution is 0.0909. The number of carbonyl (C=O) groups is 1. The van der Waals surface area contributed by atoms with Crippen molar-refractivity contribution in [1.82, 2.24) is 15.1 Å². The van der Waals surface area contributed by atoms with Crippen molar-refractivity contribution in [3.8, 4) is 5.69 Å². The number of amides is 1. The summed E-state index contributed by atoms with van der Waals surface area (Å²) in [7, 11) is 0. The Hall–Kier alpha value is -2.14. The Labute approximate surface area is 143 Å². The van der Waals surface area contributed by atoms with Crippen LogP contribution in [0.1, 0.15) is 54.0 Å². The minimum atomic E-state index is -0.438. The molecular weight excluding hydrogens is 300 g/mol. The fourth-order valence-electron chi connectivity index (χ4n) is 3.10. The molecule has 1 aromatic carbocycles. The van der Waals surface area contributed by atoms with E-state index in [4.69, 9.17) is 5.73 Å². The lowest BCUT2D eigenvalue weighted by Gasteiger charge is -2.24. The fraction of sp³-hybridized carbons (Fsp3) is 0.474. The highest BCUT2D eigenvalue weighted by Crippen LogP contribution is 2.27. The lowest BCUT2D eigenvalue weighted by Crippen LogP contribution is -2.49. The Morgan fingerprint density at radius 3 is 2.58 bits per heavy atom. The molecule has 0 bridgehead atoms. The maximum atomic E-state index is 12.7. The molecule has 0 aliphatic heterocycles. The van der Waals surface area contributed by atoms with Gasteiger partial charge in [-0.1, -0.05) is 17.7 Å². The van der Waals surface area contributed by atoms with E-state index in [1.54, 1.807) is 0 Å². The first-order valence-corrected chi connectivity index (χ1v) is 8.62. The molecule has 0 fully saturated rings. The second-order valence-corrected chi connectivity index (χ2v) is 7.27. The lowest BCUT2D eigenvalue weighted by atomic mass is 9.95. The molecule has 128 valence electrons. The van der Waals surface area contributed by atoms with Gasteiger partial charge >= 0.3 is 0 Å². The fourth-order valence-corrected chi connectivity index (χ4v) is 3.10. The molecule has 0 saturated carbocycles. The molecule has 0 unspecified atom stereocenters. The Morgan fingerprint density at radius 1 is 1.25 bits per heavy atom. The molecule has 3 N–H and O–H groups in total. The molecule has 1 heterocycles. The van der Waals surface area contributed by atoms with E-state index in [9.17, 15) is 4.79 Å². The minimum absolute atomic E-state index is 0.130. The van der Waals surface area contributed by atoms with Crippen LogP contribution in [0.5, 0.6) is 0 Å². The van der Waals surface area contributed by atoms with Crippen molar-refractivity contribution in [3.63, 3.8) is 0 Å². The molecule has 5 nitrogen and oxygen atoms in total. The van der Waals surface area contributed by atoms with Crippen LogP contribution in [0.25, 0.3) is 5.69 Å². The van der Waals surface area contributed by atoms with Gasteiger partial charge in [-0.25, -0.2) is 4.68 Å². The number of benzene rings is 1. The molecule has 1 aliphatic rings. The zero-order chi connectivity index (χ0) is 17.3. The molecular formula is C19H26N4O. The molecule has 1 aliphatic carbocycles. The van der Waals surface area contributed by atoms with Gasteiger partial charge in [-0.3, -0.25) is 4.79 Å². The third-order valence-corrected chi connectivity index (χ3v) is 4.64. The number of nitrogens with two attached hydrogens (primary N) is 1. The quantitative estimate of drug-likeness (QED) is 0.907. The topological polar surface area (TPSA) is 72.9 Å². The predicted molar refractivity (Wildman–Crippen MR) is 95.5 cm³/mol. The first-order valence-electron chi connectivity index (χ1n) is 8.62. The van der Waals surface area contributed by atoms with Crippen molar-refractivity contribution >= 4 is 5.91 Å². The molecule has 1 aromatic heterocycles. The van der Waals surface area contributed by atoms with Crippen LogP contribution in [-0.4, -0.2) is 27.8 Å². The van der Waals surface area contributed by atoms with Crippen LogP contribution in [-0.2, 0) is 12.8 Å². The van der Waals surface area contributed by atoms with Gasteiger partial charge in [0.05, 0.1) is 5.69 Å². The van der Waals surface area contributed by atoms with E-state index < -0.39 is 5.54 Å². The number of aryl methyl sites for hydroxylation is 1. The van der Waals surface area contributed by atoms with Gasteiger partial charge in [0.15, 0.2) is 5.69 Å². The Balaban J connectivity index is 2.02. The Kier molecular flexibility index (Phi) is 4.45. The minimum Gasteiger partial charge on any atom is -0.344 e. The number of rotatable bonds is 4. The normalized spacial score (nSPS) is 14.3. The van der Waals surface area contributed by atoms with Crippen LogP contribution in [0.4, 0.5) is 0 Å². The molecule has 3 rings (SSSR count). The third kappa shape index (κ3) is 3.22. The number of fused-ring (bicyclic) bond motifs is 1. The average Bonchev–Trinajstić information content (AvgIpc) is 2.95. The third-order valence-electron chi connectivity index (χ3n) is 4.64. The van der Waals surface area contributed by atoms with Crippen LogP contribution < -0.4 is 11.1 Å². The Morgan fingerprint density at radius 2 is 1.92 bits per heavy atom. The summed E-state index contributed by atoms with van der Waals surface area (Å²) in [5, 5.41) is 7.68. The van der Waals surface area contributed by atoms with Crippen LogP contribution >= 0.6 is 0 Å². The van der Waals surface area contributed by atoms with E-state index >= 15 is 0 Å². The molecule has 0 atom stereocenters. The first-order chi connectivity index (χ1) is 11.4. The summed E-state index contributed by atoms with van der Waals surface area (Å²) in [5.74, 6) is -0.130. The highest BCUT2D eigenvalue weighted by Gasteiger charge is 2.28. The van der Waals surface area contributed by atoms with Crippen LogP contribution in [0.2, 0.25) is 0 Å².